The van der Waals surface area contributed by atoms with Gasteiger partial charge in [0.2, 0.25) is 0 Å². The molecule has 4 aromatic rings. The topological polar surface area (TPSA) is 127 Å². The number of carboxylic acid groups (broad SMARTS) is 1. The number of nitrogens with zero attached hydrogens (tertiary/aromatic N) is 3. The van der Waals surface area contributed by atoms with Crippen LogP contribution in [0.25, 0.3) is 22.2 Å². The molecule has 6 rings (SSSR count). The van der Waals surface area contributed by atoms with Gasteiger partial charge in [-0.25, -0.2) is 9.78 Å². The summed E-state index contributed by atoms with van der Waals surface area (Å²) in [6.45, 7) is 0. The van der Waals surface area contributed by atoms with Crippen molar-refractivity contribution in [1.29, 1.82) is 0 Å². The van der Waals surface area contributed by atoms with Crippen molar-refractivity contribution in [3.8, 4) is 11.3 Å². The summed E-state index contributed by atoms with van der Waals surface area (Å²) in [7, 11) is 1.87. The Bertz CT molecular complexity index is 1480. The summed E-state index contributed by atoms with van der Waals surface area (Å²) < 4.78 is 4.15. The van der Waals surface area contributed by atoms with Crippen LogP contribution in [-0.2, 0) is 23.8 Å². The Morgan fingerprint density at radius 1 is 1.23 bits per heavy atom. The molecule has 2 aliphatic rings. The molecule has 35 heavy (non-hydrogen) atoms. The Kier molecular flexibility index (Phi) is 4.72. The van der Waals surface area contributed by atoms with Crippen molar-refractivity contribution >= 4 is 28.6 Å². The Hall–Kier alpha value is -4.11. The van der Waals surface area contributed by atoms with Gasteiger partial charge in [-0.3, -0.25) is 4.79 Å². The number of carbonyl (C=O) groups excluding carboxylic acids is 1. The monoisotopic (exact) mass is 470 g/mol. The predicted molar refractivity (Wildman–Crippen MR) is 132 cm³/mol. The van der Waals surface area contributed by atoms with Gasteiger partial charge in [-0.2, -0.15) is 0 Å². The molecule has 1 spiro atoms. The highest BCUT2D eigenvalue weighted by molar-refractivity contribution is 5.93. The van der Waals surface area contributed by atoms with E-state index < -0.39 is 12.0 Å². The van der Waals surface area contributed by atoms with Gasteiger partial charge in [0.1, 0.15) is 6.04 Å². The Labute approximate surface area is 201 Å². The van der Waals surface area contributed by atoms with Crippen molar-refractivity contribution in [2.24, 2.45) is 12.8 Å². The number of aryl methyl sites for hydroxylation is 1. The fraction of sp³-hybridized carbons (Fsp3) is 0.269. The van der Waals surface area contributed by atoms with Gasteiger partial charge in [0, 0.05) is 36.5 Å². The molecule has 5 N–H and O–H groups in total. The van der Waals surface area contributed by atoms with Crippen molar-refractivity contribution in [3.05, 3.63) is 72.3 Å². The smallest absolute Gasteiger partial charge is 0.320 e. The lowest BCUT2D eigenvalue weighted by molar-refractivity contribution is -0.138. The maximum atomic E-state index is 12.8. The van der Waals surface area contributed by atoms with Crippen LogP contribution in [0.2, 0.25) is 0 Å². The van der Waals surface area contributed by atoms with E-state index in [1.807, 2.05) is 54.5 Å². The molecular formula is C26H26N6O3. The van der Waals surface area contributed by atoms with E-state index in [0.717, 1.165) is 35.1 Å². The number of nitrogens with one attached hydrogen (secondary N) is 2. The van der Waals surface area contributed by atoms with Crippen LogP contribution in [0.3, 0.4) is 0 Å². The van der Waals surface area contributed by atoms with Crippen molar-refractivity contribution in [1.82, 2.24) is 19.4 Å². The van der Waals surface area contributed by atoms with Crippen LogP contribution in [0.4, 0.5) is 10.5 Å². The highest BCUT2D eigenvalue weighted by Crippen LogP contribution is 2.54. The maximum absolute atomic E-state index is 12.8. The predicted octanol–water partition coefficient (Wildman–Crippen LogP) is 3.04. The molecule has 1 aliphatic heterocycles. The second-order valence-electron chi connectivity index (χ2n) is 9.55. The van der Waals surface area contributed by atoms with Gasteiger partial charge in [0.15, 0.2) is 0 Å². The van der Waals surface area contributed by atoms with E-state index >= 15 is 0 Å². The minimum absolute atomic E-state index is 0.0549. The fourth-order valence-electron chi connectivity index (χ4n) is 5.68. The maximum Gasteiger partial charge on any atom is 0.320 e. The first-order valence-electron chi connectivity index (χ1n) is 11.6. The van der Waals surface area contributed by atoms with Gasteiger partial charge >= 0.3 is 12.0 Å². The number of hydrogen-bond donors (Lipinski definition) is 4. The van der Waals surface area contributed by atoms with E-state index in [1.54, 1.807) is 0 Å². The number of nitrogens with two attached hydrogens (primary N) is 1. The molecule has 0 saturated heterocycles. The summed E-state index contributed by atoms with van der Waals surface area (Å²) in [4.78, 5) is 28.2. The van der Waals surface area contributed by atoms with Gasteiger partial charge in [0.25, 0.3) is 0 Å². The number of fused-ring (bicyclic) bond motifs is 6. The van der Waals surface area contributed by atoms with Crippen LogP contribution >= 0.6 is 0 Å². The Morgan fingerprint density at radius 3 is 2.83 bits per heavy atom. The zero-order valence-corrected chi connectivity index (χ0v) is 19.2. The third-order valence-electron chi connectivity index (χ3n) is 7.46. The molecule has 1 fully saturated rings. The second kappa shape index (κ2) is 7.71. The number of carbonyl (C=O) groups is 2. The van der Waals surface area contributed by atoms with Gasteiger partial charge in [0.05, 0.1) is 29.3 Å². The average Bonchev–Trinajstić information content (AvgIpc) is 3.48. The molecule has 9 heteroatoms. The van der Waals surface area contributed by atoms with Gasteiger partial charge in [-0.1, -0.05) is 30.3 Å². The molecule has 1 atom stereocenters. The number of hydrogen-bond acceptors (Lipinski definition) is 4. The van der Waals surface area contributed by atoms with E-state index in [2.05, 4.69) is 38.4 Å². The van der Waals surface area contributed by atoms with Crippen LogP contribution in [0.15, 0.2) is 61.1 Å². The molecule has 0 radical (unpaired) electrons. The zero-order valence-electron chi connectivity index (χ0n) is 19.2. The molecule has 1 saturated carbocycles. The van der Waals surface area contributed by atoms with Crippen LogP contribution in [0, 0.1) is 0 Å². The standard InChI is InChI=1S/C26H26N6O3/c1-31-18(10-21(27)24(33)34)8-15-6-7-16(9-22(15)31)29-25(35)30-17-11-26(12-17)20-5-3-2-4-19(20)23-13-28-14-32(23)26/h2-9,13-14,17,21H,10-12,27H2,1H3,(H,33,34)(H2,29,30,35). The van der Waals surface area contributed by atoms with Crippen molar-refractivity contribution in [3.63, 3.8) is 0 Å². The number of amides is 2. The van der Waals surface area contributed by atoms with E-state index in [1.165, 1.54) is 11.1 Å². The SMILES string of the molecule is Cn1c(CC(N)C(=O)O)cc2ccc(NC(=O)NC3CC4(C3)c3ccccc3-c3cncn34)cc21. The van der Waals surface area contributed by atoms with Gasteiger partial charge < -0.3 is 30.6 Å². The quantitative estimate of drug-likeness (QED) is 0.357. The first kappa shape index (κ1) is 21.4. The van der Waals surface area contributed by atoms with Crippen LogP contribution in [0.5, 0.6) is 0 Å². The Balaban J connectivity index is 1.14. The molecule has 2 aromatic carbocycles. The van der Waals surface area contributed by atoms with E-state index in [4.69, 9.17) is 10.8 Å². The third kappa shape index (κ3) is 3.30. The van der Waals surface area contributed by atoms with Gasteiger partial charge in [-0.15, -0.1) is 0 Å². The number of urea groups is 1. The highest BCUT2D eigenvalue weighted by atomic mass is 16.4. The summed E-state index contributed by atoms with van der Waals surface area (Å²) in [6, 6.07) is 14.8. The van der Waals surface area contributed by atoms with Gasteiger partial charge in [-0.05, 0) is 42.0 Å². The molecule has 0 bridgehead atoms. The number of rotatable bonds is 5. The van der Waals surface area contributed by atoms with Crippen molar-refractivity contribution in [2.75, 3.05) is 5.32 Å². The number of imidazole rings is 1. The lowest BCUT2D eigenvalue weighted by atomic mass is 9.68. The number of aliphatic carboxylic acids is 1. The molecule has 1 unspecified atom stereocenters. The lowest BCUT2D eigenvalue weighted by Crippen LogP contribution is -2.56. The summed E-state index contributed by atoms with van der Waals surface area (Å²) in [5, 5.41) is 16.1. The van der Waals surface area contributed by atoms with Crippen molar-refractivity contribution < 1.29 is 14.7 Å². The fourth-order valence-corrected chi connectivity index (χ4v) is 5.68. The second-order valence-corrected chi connectivity index (χ2v) is 9.55. The molecule has 2 amide bonds. The third-order valence-corrected chi connectivity index (χ3v) is 7.46. The molecular weight excluding hydrogens is 444 g/mol. The van der Waals surface area contributed by atoms with Crippen LogP contribution < -0.4 is 16.4 Å². The summed E-state index contributed by atoms with van der Waals surface area (Å²) in [5.74, 6) is -1.03. The average molecular weight is 471 g/mol. The summed E-state index contributed by atoms with van der Waals surface area (Å²) in [5.41, 5.74) is 11.6. The van der Waals surface area contributed by atoms with Crippen molar-refractivity contribution in [2.45, 2.75) is 36.9 Å². The molecule has 178 valence electrons. The van der Waals surface area contributed by atoms with E-state index in [-0.39, 0.29) is 24.0 Å². The number of anilines is 1. The molecule has 9 nitrogen and oxygen atoms in total. The largest absolute Gasteiger partial charge is 0.480 e. The molecule has 2 aromatic heterocycles. The number of aromatic nitrogens is 3. The Morgan fingerprint density at radius 2 is 2.03 bits per heavy atom. The summed E-state index contributed by atoms with van der Waals surface area (Å²) >= 11 is 0. The first-order valence-corrected chi connectivity index (χ1v) is 11.6. The normalized spacial score (nSPS) is 20.8. The van der Waals surface area contributed by atoms with E-state index in [9.17, 15) is 9.59 Å². The lowest BCUT2D eigenvalue weighted by Gasteiger charge is -2.47. The zero-order chi connectivity index (χ0) is 24.3. The van der Waals surface area contributed by atoms with Crippen LogP contribution in [-0.4, -0.2) is 43.3 Å². The summed E-state index contributed by atoms with van der Waals surface area (Å²) in [6.07, 6.45) is 5.64. The number of benzene rings is 2. The minimum atomic E-state index is -1.03. The van der Waals surface area contributed by atoms with E-state index in [0.29, 0.717) is 5.69 Å². The van der Waals surface area contributed by atoms with Crippen LogP contribution in [0.1, 0.15) is 24.1 Å². The molecule has 1 aliphatic carbocycles. The molecule has 3 heterocycles. The number of carboxylic acids is 1. The minimum Gasteiger partial charge on any atom is -0.480 e. The first-order chi connectivity index (χ1) is 16.9. The highest BCUT2D eigenvalue weighted by Gasteiger charge is 2.52.